The van der Waals surface area contributed by atoms with Crippen LogP contribution >= 0.6 is 0 Å². The molecule has 8 nitrogen and oxygen atoms in total. The number of carbonyl (C=O) groups is 4. The molecule has 1 heterocycles. The molecule has 2 atom stereocenters. The van der Waals surface area contributed by atoms with Gasteiger partial charge < -0.3 is 15.4 Å². The lowest BCUT2D eigenvalue weighted by Crippen LogP contribution is -2.54. The summed E-state index contributed by atoms with van der Waals surface area (Å²) in [4.78, 5) is 49.6. The zero-order valence-corrected chi connectivity index (χ0v) is 16.2. The number of hydrogen-bond donors (Lipinski definition) is 2. The topological polar surface area (TPSA) is 105 Å². The second-order valence-electron chi connectivity index (χ2n) is 8.64. The monoisotopic (exact) mass is 367 g/mol. The summed E-state index contributed by atoms with van der Waals surface area (Å²) >= 11 is 0. The summed E-state index contributed by atoms with van der Waals surface area (Å²) < 4.78 is 4.88. The molecule has 1 saturated heterocycles. The maximum atomic E-state index is 12.9. The van der Waals surface area contributed by atoms with Crippen LogP contribution in [0.4, 0.5) is 4.79 Å². The van der Waals surface area contributed by atoms with Crippen molar-refractivity contribution in [3.8, 4) is 0 Å². The number of nitrogens with zero attached hydrogens (tertiary/aromatic N) is 1. The van der Waals surface area contributed by atoms with Gasteiger partial charge in [-0.25, -0.2) is 4.79 Å². The highest BCUT2D eigenvalue weighted by atomic mass is 16.5. The number of carbonyl (C=O) groups excluding carboxylic acids is 4. The third kappa shape index (κ3) is 4.53. The second-order valence-corrected chi connectivity index (χ2v) is 8.64. The molecule has 0 radical (unpaired) electrons. The van der Waals surface area contributed by atoms with E-state index in [0.717, 1.165) is 11.3 Å². The minimum atomic E-state index is -0.951. The Bertz CT molecular complexity index is 616. The molecule has 2 fully saturated rings. The van der Waals surface area contributed by atoms with Gasteiger partial charge in [0, 0.05) is 6.04 Å². The van der Waals surface area contributed by atoms with Crippen molar-refractivity contribution in [2.45, 2.75) is 65.5 Å². The van der Waals surface area contributed by atoms with Gasteiger partial charge >= 0.3 is 12.0 Å². The maximum absolute atomic E-state index is 12.9. The number of amides is 4. The number of ether oxygens (including phenoxy) is 1. The molecule has 0 unspecified atom stereocenters. The van der Waals surface area contributed by atoms with Crippen LogP contribution < -0.4 is 10.6 Å². The van der Waals surface area contributed by atoms with E-state index in [9.17, 15) is 19.2 Å². The number of nitrogens with one attached hydrogen (secondary N) is 2. The predicted molar refractivity (Wildman–Crippen MR) is 94.0 cm³/mol. The highest BCUT2D eigenvalue weighted by Gasteiger charge is 2.56. The van der Waals surface area contributed by atoms with Crippen molar-refractivity contribution in [2.24, 2.45) is 11.3 Å². The molecule has 0 aromatic carbocycles. The third-order valence-electron chi connectivity index (χ3n) is 4.73. The van der Waals surface area contributed by atoms with Crippen LogP contribution in [0, 0.1) is 11.3 Å². The largest absolute Gasteiger partial charge is 0.454 e. The molecule has 1 aliphatic carbocycles. The van der Waals surface area contributed by atoms with Crippen LogP contribution in [-0.4, -0.2) is 53.4 Å². The number of esters is 1. The van der Waals surface area contributed by atoms with E-state index in [1.165, 1.54) is 0 Å². The van der Waals surface area contributed by atoms with Crippen molar-refractivity contribution in [3.05, 3.63) is 0 Å². The summed E-state index contributed by atoms with van der Waals surface area (Å²) in [6.45, 7) is 8.87. The van der Waals surface area contributed by atoms with Gasteiger partial charge in [-0.3, -0.25) is 19.3 Å². The predicted octanol–water partition coefficient (Wildman–Crippen LogP) is 1.19. The zero-order valence-electron chi connectivity index (χ0n) is 16.2. The van der Waals surface area contributed by atoms with E-state index < -0.39 is 36.6 Å². The first-order chi connectivity index (χ1) is 11.9. The minimum Gasteiger partial charge on any atom is -0.454 e. The summed E-state index contributed by atoms with van der Waals surface area (Å²) in [5.41, 5.74) is -1.03. The third-order valence-corrected chi connectivity index (χ3v) is 4.73. The van der Waals surface area contributed by atoms with Crippen LogP contribution in [0.5, 0.6) is 0 Å². The molecule has 2 N–H and O–H groups in total. The standard InChI is InChI=1S/C18H29N3O5/c1-11(2)19-13(22)9-26-14(23)8-21-15(24)18(20-16(21)25)7-12(3)6-17(4,5)10-18/h11-12H,6-10H2,1-5H3,(H,19,22)(H,20,25)/t12-,18+/m0/s1. The Morgan fingerprint density at radius 3 is 2.54 bits per heavy atom. The van der Waals surface area contributed by atoms with Crippen LogP contribution in [0.3, 0.4) is 0 Å². The van der Waals surface area contributed by atoms with Gasteiger partial charge in [0.2, 0.25) is 0 Å². The molecule has 1 aliphatic heterocycles. The van der Waals surface area contributed by atoms with E-state index in [0.29, 0.717) is 12.8 Å². The molecule has 146 valence electrons. The van der Waals surface area contributed by atoms with Gasteiger partial charge in [0.1, 0.15) is 12.1 Å². The van der Waals surface area contributed by atoms with E-state index in [1.54, 1.807) is 13.8 Å². The number of hydrogen-bond acceptors (Lipinski definition) is 5. The average molecular weight is 367 g/mol. The molecule has 2 rings (SSSR count). The molecule has 0 aromatic rings. The quantitative estimate of drug-likeness (QED) is 0.561. The fraction of sp³-hybridized carbons (Fsp3) is 0.778. The molecule has 1 spiro atoms. The zero-order chi connectivity index (χ0) is 19.7. The van der Waals surface area contributed by atoms with Crippen LogP contribution in [0.1, 0.15) is 53.9 Å². The average Bonchev–Trinajstić information content (AvgIpc) is 2.66. The fourth-order valence-corrected chi connectivity index (χ4v) is 4.33. The van der Waals surface area contributed by atoms with Gasteiger partial charge in [0.05, 0.1) is 0 Å². The van der Waals surface area contributed by atoms with Crippen LogP contribution in [0.25, 0.3) is 0 Å². The summed E-state index contributed by atoms with van der Waals surface area (Å²) in [5.74, 6) is -1.31. The Labute approximate surface area is 154 Å². The Morgan fingerprint density at radius 2 is 1.96 bits per heavy atom. The molecule has 2 aliphatic rings. The van der Waals surface area contributed by atoms with Gasteiger partial charge in [-0.1, -0.05) is 20.8 Å². The van der Waals surface area contributed by atoms with Gasteiger partial charge in [-0.2, -0.15) is 0 Å². The molecule has 0 aromatic heterocycles. The van der Waals surface area contributed by atoms with Crippen molar-refractivity contribution >= 4 is 23.8 Å². The minimum absolute atomic E-state index is 0.0661. The van der Waals surface area contributed by atoms with Crippen LogP contribution in [-0.2, 0) is 19.1 Å². The van der Waals surface area contributed by atoms with Gasteiger partial charge in [-0.05, 0) is 44.4 Å². The highest BCUT2D eigenvalue weighted by molar-refractivity contribution is 6.08. The van der Waals surface area contributed by atoms with E-state index in [4.69, 9.17) is 4.74 Å². The lowest BCUT2D eigenvalue weighted by molar-refractivity contribution is -0.151. The van der Waals surface area contributed by atoms with E-state index in [2.05, 4.69) is 31.4 Å². The summed E-state index contributed by atoms with van der Waals surface area (Å²) in [6, 6.07) is -0.646. The van der Waals surface area contributed by atoms with Crippen molar-refractivity contribution < 1.29 is 23.9 Å². The molecule has 0 bridgehead atoms. The number of rotatable bonds is 5. The molecule has 1 saturated carbocycles. The Morgan fingerprint density at radius 1 is 1.31 bits per heavy atom. The van der Waals surface area contributed by atoms with Crippen molar-refractivity contribution in [1.29, 1.82) is 0 Å². The van der Waals surface area contributed by atoms with Gasteiger partial charge in [-0.15, -0.1) is 0 Å². The Balaban J connectivity index is 1.98. The van der Waals surface area contributed by atoms with Gasteiger partial charge in [0.15, 0.2) is 6.61 Å². The van der Waals surface area contributed by atoms with E-state index in [1.807, 2.05) is 0 Å². The van der Waals surface area contributed by atoms with Gasteiger partial charge in [0.25, 0.3) is 11.8 Å². The SMILES string of the molecule is CC(C)NC(=O)COC(=O)CN1C(=O)N[C@@]2(C[C@@H](C)CC(C)(C)C2)C1=O. The number of imide groups is 1. The Kier molecular flexibility index (Phi) is 5.63. The second kappa shape index (κ2) is 7.25. The van der Waals surface area contributed by atoms with Crippen LogP contribution in [0.15, 0.2) is 0 Å². The molecular weight excluding hydrogens is 338 g/mol. The fourth-order valence-electron chi connectivity index (χ4n) is 4.33. The van der Waals surface area contributed by atoms with E-state index >= 15 is 0 Å². The first-order valence-corrected chi connectivity index (χ1v) is 9.03. The lowest BCUT2D eigenvalue weighted by Gasteiger charge is -2.43. The molecule has 26 heavy (non-hydrogen) atoms. The highest BCUT2D eigenvalue weighted by Crippen LogP contribution is 2.46. The first kappa shape index (κ1) is 20.2. The maximum Gasteiger partial charge on any atom is 0.326 e. The molecule has 8 heteroatoms. The summed E-state index contributed by atoms with van der Waals surface area (Å²) in [6.07, 6.45) is 2.07. The summed E-state index contributed by atoms with van der Waals surface area (Å²) in [7, 11) is 0. The van der Waals surface area contributed by atoms with Crippen molar-refractivity contribution in [2.75, 3.05) is 13.2 Å². The Hall–Kier alpha value is -2.12. The summed E-state index contributed by atoms with van der Waals surface area (Å²) in [5, 5.41) is 5.40. The first-order valence-electron chi connectivity index (χ1n) is 9.03. The molecular formula is C18H29N3O5. The van der Waals surface area contributed by atoms with Crippen LogP contribution in [0.2, 0.25) is 0 Å². The molecule has 4 amide bonds. The lowest BCUT2D eigenvalue weighted by atomic mass is 9.64. The number of urea groups is 1. The normalized spacial score (nSPS) is 27.6. The van der Waals surface area contributed by atoms with Crippen molar-refractivity contribution in [3.63, 3.8) is 0 Å². The smallest absolute Gasteiger partial charge is 0.326 e. The van der Waals surface area contributed by atoms with E-state index in [-0.39, 0.29) is 23.3 Å². The van der Waals surface area contributed by atoms with Crippen molar-refractivity contribution in [1.82, 2.24) is 15.5 Å².